The second kappa shape index (κ2) is 10.1. The molecular weight excluding hydrogens is 496 g/mol. The maximum atomic E-state index is 15.2. The zero-order valence-electron chi connectivity index (χ0n) is 21.5. The third-order valence-corrected chi connectivity index (χ3v) is 8.24. The molecule has 2 N–H and O–H groups in total. The monoisotopic (exact) mass is 530 g/mol. The lowest BCUT2D eigenvalue weighted by molar-refractivity contribution is -0.0513. The Hall–Kier alpha value is -2.78. The Balaban J connectivity index is 1.36. The Labute approximate surface area is 220 Å². The molecule has 204 valence electrons. The van der Waals surface area contributed by atoms with E-state index in [-0.39, 0.29) is 31.1 Å². The molecule has 3 aromatic rings. The number of benzene rings is 2. The molecule has 3 heterocycles. The number of fused-ring (bicyclic) bond motifs is 3. The molecule has 0 bridgehead atoms. The second-order valence-corrected chi connectivity index (χ2v) is 11.1. The topological polar surface area (TPSA) is 43.5 Å². The average Bonchev–Trinajstić information content (AvgIpc) is 3.48. The maximum absolute atomic E-state index is 15.2. The number of hydrogen-bond acceptors (Lipinski definition) is 4. The summed E-state index contributed by atoms with van der Waals surface area (Å²) in [6, 6.07) is 13.1. The van der Waals surface area contributed by atoms with Gasteiger partial charge in [0.05, 0.1) is 18.8 Å². The van der Waals surface area contributed by atoms with Crippen LogP contribution < -0.4 is 10.1 Å². The summed E-state index contributed by atoms with van der Waals surface area (Å²) in [5.41, 5.74) is 3.09. The first-order valence-electron chi connectivity index (χ1n) is 13.5. The molecule has 2 atom stereocenters. The lowest BCUT2D eigenvalue weighted by Gasteiger charge is -2.42. The zero-order valence-corrected chi connectivity index (χ0v) is 21.5. The number of hydrogen-bond donors (Lipinski definition) is 2. The molecule has 1 saturated carbocycles. The average molecular weight is 531 g/mol. The van der Waals surface area contributed by atoms with Gasteiger partial charge in [0.15, 0.2) is 0 Å². The molecular formula is C29H34F4N4O. The summed E-state index contributed by atoms with van der Waals surface area (Å²) in [7, 11) is 0. The van der Waals surface area contributed by atoms with E-state index in [0.29, 0.717) is 37.1 Å². The molecule has 2 aromatic carbocycles. The molecule has 2 fully saturated rings. The lowest BCUT2D eigenvalue weighted by Crippen LogP contribution is -2.54. The summed E-state index contributed by atoms with van der Waals surface area (Å²) < 4.78 is 60.1. The van der Waals surface area contributed by atoms with Crippen molar-refractivity contribution in [1.29, 1.82) is 0 Å². The van der Waals surface area contributed by atoms with E-state index in [1.165, 1.54) is 0 Å². The zero-order chi connectivity index (χ0) is 26.4. The van der Waals surface area contributed by atoms with Crippen LogP contribution in [0.2, 0.25) is 0 Å². The Morgan fingerprint density at radius 3 is 2.68 bits per heavy atom. The highest BCUT2D eigenvalue weighted by Gasteiger charge is 2.48. The maximum Gasteiger partial charge on any atom is 0.387 e. The Morgan fingerprint density at radius 1 is 1.16 bits per heavy atom. The first-order chi connectivity index (χ1) is 18.3. The predicted molar refractivity (Wildman–Crippen MR) is 141 cm³/mol. The number of anilines is 1. The molecule has 0 unspecified atom stereocenters. The fourth-order valence-corrected chi connectivity index (χ4v) is 6.12. The number of aromatic nitrogens is 1. The van der Waals surface area contributed by atoms with Crippen LogP contribution in [0.5, 0.6) is 5.75 Å². The number of para-hydroxylation sites is 1. The standard InChI is InChI=1S/C29H34F4N4O/c1-18-13-23-21-5-2-3-6-24(21)35-26(23)27(37(18)17-29(33)9-10-29)22-8-7-19(14-25(22)38-28(31)32)34-20-15-36(16-20)12-4-11-30/h2-3,5-8,14,18,20,27-28,34-35H,4,9-13,15-17H2,1H3/t18-,27-/m1/s1. The number of likely N-dealkylation sites (tertiary alicyclic amines) is 1. The highest BCUT2D eigenvalue weighted by Crippen LogP contribution is 2.48. The normalized spacial score (nSPS) is 23.4. The van der Waals surface area contributed by atoms with Crippen LogP contribution in [0.1, 0.15) is 49.0 Å². The van der Waals surface area contributed by atoms with Crippen LogP contribution in [0.15, 0.2) is 42.5 Å². The van der Waals surface area contributed by atoms with Crippen LogP contribution in [0, 0.1) is 0 Å². The molecule has 3 aliphatic rings. The minimum Gasteiger partial charge on any atom is -0.434 e. The molecule has 0 amide bonds. The number of rotatable bonds is 10. The summed E-state index contributed by atoms with van der Waals surface area (Å²) in [5.74, 6) is 0.0935. The van der Waals surface area contributed by atoms with Crippen molar-refractivity contribution < 1.29 is 22.3 Å². The molecule has 1 aliphatic carbocycles. The van der Waals surface area contributed by atoms with Crippen molar-refractivity contribution in [2.75, 3.05) is 38.2 Å². The van der Waals surface area contributed by atoms with Gasteiger partial charge in [-0.1, -0.05) is 24.3 Å². The van der Waals surface area contributed by atoms with Crippen LogP contribution in [0.3, 0.4) is 0 Å². The van der Waals surface area contributed by atoms with Gasteiger partial charge in [0.2, 0.25) is 0 Å². The van der Waals surface area contributed by atoms with E-state index in [2.05, 4.69) is 33.1 Å². The van der Waals surface area contributed by atoms with Gasteiger partial charge in [-0.3, -0.25) is 14.2 Å². The fourth-order valence-electron chi connectivity index (χ4n) is 6.12. The van der Waals surface area contributed by atoms with Crippen molar-refractivity contribution in [2.24, 2.45) is 0 Å². The van der Waals surface area contributed by atoms with E-state index in [1.807, 2.05) is 30.3 Å². The number of ether oxygens (including phenoxy) is 1. The van der Waals surface area contributed by atoms with Gasteiger partial charge in [0, 0.05) is 66.1 Å². The fraction of sp³-hybridized carbons (Fsp3) is 0.517. The molecule has 6 rings (SSSR count). The number of aromatic amines is 1. The summed E-state index contributed by atoms with van der Waals surface area (Å²) >= 11 is 0. The first-order valence-corrected chi connectivity index (χ1v) is 13.5. The molecule has 1 saturated heterocycles. The third-order valence-electron chi connectivity index (χ3n) is 8.24. The van der Waals surface area contributed by atoms with Gasteiger partial charge in [-0.2, -0.15) is 8.78 Å². The van der Waals surface area contributed by atoms with Crippen molar-refractivity contribution >= 4 is 16.6 Å². The van der Waals surface area contributed by atoms with Gasteiger partial charge >= 0.3 is 6.61 Å². The molecule has 1 aromatic heterocycles. The highest BCUT2D eigenvalue weighted by molar-refractivity contribution is 5.85. The van der Waals surface area contributed by atoms with E-state index in [1.54, 1.807) is 6.07 Å². The molecule has 0 spiro atoms. The van der Waals surface area contributed by atoms with E-state index < -0.39 is 18.3 Å². The van der Waals surface area contributed by atoms with E-state index in [0.717, 1.165) is 41.7 Å². The Bertz CT molecular complexity index is 1290. The molecule has 5 nitrogen and oxygen atoms in total. The van der Waals surface area contributed by atoms with Crippen LogP contribution in [0.4, 0.5) is 23.2 Å². The number of alkyl halides is 4. The van der Waals surface area contributed by atoms with Crippen molar-refractivity contribution in [3.05, 3.63) is 59.3 Å². The van der Waals surface area contributed by atoms with Gasteiger partial charge in [-0.05, 0) is 50.3 Å². The quantitative estimate of drug-likeness (QED) is 0.313. The van der Waals surface area contributed by atoms with Gasteiger partial charge < -0.3 is 15.0 Å². The Kier molecular flexibility index (Phi) is 6.76. The van der Waals surface area contributed by atoms with Crippen molar-refractivity contribution in [2.45, 2.75) is 63.0 Å². The summed E-state index contributed by atoms with van der Waals surface area (Å²) in [6.45, 7) is 1.28. The smallest absolute Gasteiger partial charge is 0.387 e. The minimum absolute atomic E-state index is 0.0161. The number of nitrogens with zero attached hydrogens (tertiary/aromatic N) is 2. The van der Waals surface area contributed by atoms with Crippen molar-refractivity contribution in [1.82, 2.24) is 14.8 Å². The highest BCUT2D eigenvalue weighted by atomic mass is 19.3. The van der Waals surface area contributed by atoms with Crippen LogP contribution in [-0.4, -0.2) is 72.0 Å². The molecule has 38 heavy (non-hydrogen) atoms. The van der Waals surface area contributed by atoms with E-state index in [9.17, 15) is 13.2 Å². The molecule has 2 aliphatic heterocycles. The van der Waals surface area contributed by atoms with Crippen molar-refractivity contribution in [3.8, 4) is 5.75 Å². The van der Waals surface area contributed by atoms with Crippen LogP contribution >= 0.6 is 0 Å². The number of halogens is 4. The van der Waals surface area contributed by atoms with E-state index in [4.69, 9.17) is 4.74 Å². The SMILES string of the molecule is C[C@@H]1Cc2c([nH]c3ccccc23)[C@@H](c2ccc(NC3CN(CCCF)C3)cc2OC(F)F)N1CC1(F)CC1. The van der Waals surface area contributed by atoms with Gasteiger partial charge in [-0.25, -0.2) is 4.39 Å². The van der Waals surface area contributed by atoms with Gasteiger partial charge in [0.25, 0.3) is 0 Å². The number of nitrogens with one attached hydrogen (secondary N) is 2. The van der Waals surface area contributed by atoms with Gasteiger partial charge in [-0.15, -0.1) is 0 Å². The largest absolute Gasteiger partial charge is 0.434 e. The number of H-pyrrole nitrogens is 1. The Morgan fingerprint density at radius 2 is 1.95 bits per heavy atom. The predicted octanol–water partition coefficient (Wildman–Crippen LogP) is 6.06. The van der Waals surface area contributed by atoms with E-state index >= 15 is 4.39 Å². The minimum atomic E-state index is -2.99. The molecule has 0 radical (unpaired) electrons. The second-order valence-electron chi connectivity index (χ2n) is 11.1. The van der Waals surface area contributed by atoms with Crippen LogP contribution in [0.25, 0.3) is 10.9 Å². The lowest BCUT2D eigenvalue weighted by atomic mass is 9.87. The summed E-state index contributed by atoms with van der Waals surface area (Å²) in [6.07, 6.45) is 2.31. The summed E-state index contributed by atoms with van der Waals surface area (Å²) in [5, 5.41) is 4.50. The van der Waals surface area contributed by atoms with Crippen LogP contribution in [-0.2, 0) is 6.42 Å². The first kappa shape index (κ1) is 25.5. The van der Waals surface area contributed by atoms with Crippen molar-refractivity contribution in [3.63, 3.8) is 0 Å². The van der Waals surface area contributed by atoms with Gasteiger partial charge in [0.1, 0.15) is 11.4 Å². The summed E-state index contributed by atoms with van der Waals surface area (Å²) in [4.78, 5) is 7.80. The third kappa shape index (κ3) is 4.98. The molecule has 9 heteroatoms.